The predicted octanol–water partition coefficient (Wildman–Crippen LogP) is 5.12. The molecule has 26 heavy (non-hydrogen) atoms. The smallest absolute Gasteiger partial charge is 0.158 e. The second-order valence-electron chi connectivity index (χ2n) is 6.10. The number of benzene rings is 3. The van der Waals surface area contributed by atoms with E-state index in [-0.39, 0.29) is 12.2 Å². The number of para-hydroxylation sites is 2. The highest BCUT2D eigenvalue weighted by atomic mass is 16.6. The summed E-state index contributed by atoms with van der Waals surface area (Å²) in [5.41, 5.74) is 1.14. The molecule has 0 aromatic heterocycles. The molecule has 0 N–H and O–H groups in total. The van der Waals surface area contributed by atoms with Crippen molar-refractivity contribution in [3.05, 3.63) is 96.6 Å². The minimum atomic E-state index is -0.221. The Morgan fingerprint density at radius 2 is 1.23 bits per heavy atom. The van der Waals surface area contributed by atoms with Gasteiger partial charge in [-0.05, 0) is 36.8 Å². The van der Waals surface area contributed by atoms with Gasteiger partial charge in [-0.1, -0.05) is 66.7 Å². The first-order valence-electron chi connectivity index (χ1n) is 8.86. The molecule has 0 heterocycles. The molecule has 3 nitrogen and oxygen atoms in total. The molecule has 0 aliphatic heterocycles. The summed E-state index contributed by atoms with van der Waals surface area (Å²) >= 11 is 0. The Morgan fingerprint density at radius 3 is 1.85 bits per heavy atom. The molecule has 3 aromatic carbocycles. The van der Waals surface area contributed by atoms with Crippen molar-refractivity contribution in [1.82, 2.24) is 0 Å². The summed E-state index contributed by atoms with van der Waals surface area (Å²) in [7, 11) is 0. The van der Waals surface area contributed by atoms with E-state index in [1.807, 2.05) is 85.8 Å². The monoisotopic (exact) mass is 348 g/mol. The van der Waals surface area contributed by atoms with E-state index in [4.69, 9.17) is 14.2 Å². The third-order valence-corrected chi connectivity index (χ3v) is 4.07. The van der Waals surface area contributed by atoms with Crippen molar-refractivity contribution < 1.29 is 14.2 Å². The highest BCUT2D eigenvalue weighted by Crippen LogP contribution is 2.17. The molecule has 2 atom stereocenters. The molecule has 0 unspecified atom stereocenters. The first kappa shape index (κ1) is 18.0. The second kappa shape index (κ2) is 9.64. The summed E-state index contributed by atoms with van der Waals surface area (Å²) in [4.78, 5) is 0. The maximum absolute atomic E-state index is 6.14. The fraction of sp³-hybridized carbons (Fsp3) is 0.217. The van der Waals surface area contributed by atoms with Crippen LogP contribution in [-0.2, 0) is 11.3 Å². The first-order chi connectivity index (χ1) is 12.8. The van der Waals surface area contributed by atoms with Gasteiger partial charge in [0.05, 0.1) is 12.7 Å². The van der Waals surface area contributed by atoms with E-state index in [2.05, 4.69) is 12.1 Å². The van der Waals surface area contributed by atoms with Gasteiger partial charge in [0.2, 0.25) is 0 Å². The Labute approximate surface area is 155 Å². The third-order valence-electron chi connectivity index (χ3n) is 4.07. The van der Waals surface area contributed by atoms with Crippen LogP contribution in [0, 0.1) is 0 Å². The lowest BCUT2D eigenvalue weighted by atomic mass is 10.2. The quantitative estimate of drug-likeness (QED) is 0.537. The Kier molecular flexibility index (Phi) is 6.68. The molecule has 0 aliphatic carbocycles. The van der Waals surface area contributed by atoms with Gasteiger partial charge in [0.15, 0.2) is 6.10 Å². The standard InChI is InChI=1S/C23H24O3/c1-19(24-17-20-11-5-2-6-12-20)23(26-22-15-9-4-10-16-22)18-25-21-13-7-3-8-14-21/h2-16,19,23H,17-18H2,1H3/t19-,23+/m0/s1. The zero-order valence-corrected chi connectivity index (χ0v) is 15.0. The third kappa shape index (κ3) is 5.64. The van der Waals surface area contributed by atoms with E-state index >= 15 is 0 Å². The number of rotatable bonds is 9. The molecule has 3 heteroatoms. The van der Waals surface area contributed by atoms with Crippen molar-refractivity contribution in [3.8, 4) is 11.5 Å². The summed E-state index contributed by atoms with van der Waals surface area (Å²) in [6.45, 7) is 2.97. The highest BCUT2D eigenvalue weighted by Gasteiger charge is 2.21. The SMILES string of the molecule is C[C@H](OCc1ccccc1)[C@@H](COc1ccccc1)Oc1ccccc1. The van der Waals surface area contributed by atoms with Crippen LogP contribution in [0.15, 0.2) is 91.0 Å². The lowest BCUT2D eigenvalue weighted by molar-refractivity contribution is -0.0396. The Morgan fingerprint density at radius 1 is 0.692 bits per heavy atom. The molecule has 3 aromatic rings. The molecule has 0 spiro atoms. The van der Waals surface area contributed by atoms with Gasteiger partial charge in [-0.25, -0.2) is 0 Å². The Hall–Kier alpha value is -2.78. The average molecular weight is 348 g/mol. The summed E-state index contributed by atoms with van der Waals surface area (Å²) in [6.07, 6.45) is -0.347. The van der Waals surface area contributed by atoms with Gasteiger partial charge in [0.1, 0.15) is 18.1 Å². The van der Waals surface area contributed by atoms with E-state index in [1.165, 1.54) is 0 Å². The van der Waals surface area contributed by atoms with Crippen molar-refractivity contribution >= 4 is 0 Å². The lowest BCUT2D eigenvalue weighted by Gasteiger charge is -2.25. The van der Waals surface area contributed by atoms with E-state index in [0.717, 1.165) is 17.1 Å². The number of hydrogen-bond acceptors (Lipinski definition) is 3. The fourth-order valence-corrected chi connectivity index (χ4v) is 2.54. The lowest BCUT2D eigenvalue weighted by Crippen LogP contribution is -2.37. The van der Waals surface area contributed by atoms with Crippen molar-refractivity contribution in [3.63, 3.8) is 0 Å². The maximum Gasteiger partial charge on any atom is 0.158 e. The summed E-state index contributed by atoms with van der Waals surface area (Å²) in [5, 5.41) is 0. The van der Waals surface area contributed by atoms with E-state index in [9.17, 15) is 0 Å². The van der Waals surface area contributed by atoms with E-state index in [1.54, 1.807) is 0 Å². The van der Waals surface area contributed by atoms with Gasteiger partial charge in [-0.15, -0.1) is 0 Å². The van der Waals surface area contributed by atoms with Crippen molar-refractivity contribution in [1.29, 1.82) is 0 Å². The fourth-order valence-electron chi connectivity index (χ4n) is 2.54. The van der Waals surface area contributed by atoms with Crippen molar-refractivity contribution in [2.45, 2.75) is 25.7 Å². The zero-order valence-electron chi connectivity index (χ0n) is 15.0. The van der Waals surface area contributed by atoms with Crippen LogP contribution in [0.1, 0.15) is 12.5 Å². The molecule has 0 fully saturated rings. The normalized spacial score (nSPS) is 13.0. The van der Waals surface area contributed by atoms with Gasteiger partial charge in [-0.3, -0.25) is 0 Å². The van der Waals surface area contributed by atoms with E-state index in [0.29, 0.717) is 13.2 Å². The minimum absolute atomic E-state index is 0.126. The Balaban J connectivity index is 1.62. The van der Waals surface area contributed by atoms with Crippen LogP contribution in [0.2, 0.25) is 0 Å². The van der Waals surface area contributed by atoms with Gasteiger partial charge in [0.25, 0.3) is 0 Å². The number of hydrogen-bond donors (Lipinski definition) is 0. The van der Waals surface area contributed by atoms with Gasteiger partial charge >= 0.3 is 0 Å². The van der Waals surface area contributed by atoms with Crippen molar-refractivity contribution in [2.75, 3.05) is 6.61 Å². The average Bonchev–Trinajstić information content (AvgIpc) is 2.71. The van der Waals surface area contributed by atoms with Gasteiger partial charge in [-0.2, -0.15) is 0 Å². The maximum atomic E-state index is 6.14. The van der Waals surface area contributed by atoms with Crippen LogP contribution < -0.4 is 9.47 Å². The second-order valence-corrected chi connectivity index (χ2v) is 6.10. The van der Waals surface area contributed by atoms with Crippen LogP contribution >= 0.6 is 0 Å². The van der Waals surface area contributed by atoms with Crippen LogP contribution in [0.25, 0.3) is 0 Å². The molecule has 0 bridgehead atoms. The molecule has 134 valence electrons. The molecular formula is C23H24O3. The largest absolute Gasteiger partial charge is 0.490 e. The molecule has 0 amide bonds. The molecule has 3 rings (SSSR count). The Bertz CT molecular complexity index is 744. The molecule has 0 saturated heterocycles. The topological polar surface area (TPSA) is 27.7 Å². The minimum Gasteiger partial charge on any atom is -0.490 e. The van der Waals surface area contributed by atoms with Gasteiger partial charge < -0.3 is 14.2 Å². The molecule has 0 radical (unpaired) electrons. The van der Waals surface area contributed by atoms with Crippen LogP contribution in [0.3, 0.4) is 0 Å². The number of ether oxygens (including phenoxy) is 3. The molecule has 0 saturated carbocycles. The first-order valence-corrected chi connectivity index (χ1v) is 8.86. The van der Waals surface area contributed by atoms with Crippen LogP contribution in [0.4, 0.5) is 0 Å². The summed E-state index contributed by atoms with van der Waals surface area (Å²) in [5.74, 6) is 1.63. The van der Waals surface area contributed by atoms with Crippen LogP contribution in [-0.4, -0.2) is 18.8 Å². The van der Waals surface area contributed by atoms with Gasteiger partial charge in [0, 0.05) is 0 Å². The van der Waals surface area contributed by atoms with Crippen LogP contribution in [0.5, 0.6) is 11.5 Å². The van der Waals surface area contributed by atoms with Crippen molar-refractivity contribution in [2.24, 2.45) is 0 Å². The molecular weight excluding hydrogens is 324 g/mol. The summed E-state index contributed by atoms with van der Waals surface area (Å²) < 4.78 is 18.1. The predicted molar refractivity (Wildman–Crippen MR) is 103 cm³/mol. The highest BCUT2D eigenvalue weighted by molar-refractivity contribution is 5.22. The molecule has 0 aliphatic rings. The summed E-state index contributed by atoms with van der Waals surface area (Å²) in [6, 6.07) is 29.7. The zero-order chi connectivity index (χ0) is 18.0. The van der Waals surface area contributed by atoms with E-state index < -0.39 is 0 Å².